The predicted octanol–water partition coefficient (Wildman–Crippen LogP) is 4.90. The number of hydrogen-bond donors (Lipinski definition) is 0. The quantitative estimate of drug-likeness (QED) is 0.403. The van der Waals surface area contributed by atoms with E-state index in [1.165, 1.54) is 37.5 Å². The molecule has 0 saturated heterocycles. The van der Waals surface area contributed by atoms with Gasteiger partial charge in [-0.05, 0) is 0 Å². The van der Waals surface area contributed by atoms with E-state index in [0.29, 0.717) is 0 Å². The fourth-order valence-electron chi connectivity index (χ4n) is 3.64. The Balaban J connectivity index is 1.77. The minimum absolute atomic E-state index is 1.06. The summed E-state index contributed by atoms with van der Waals surface area (Å²) in [5.41, 5.74) is 4.57. The van der Waals surface area contributed by atoms with Gasteiger partial charge >= 0.3 is 157 Å². The Morgan fingerprint density at radius 2 is 1.58 bits per heavy atom. The summed E-state index contributed by atoms with van der Waals surface area (Å²) in [6, 6.07) is 9.31. The molecule has 2 nitrogen and oxygen atoms in total. The van der Waals surface area contributed by atoms with Crippen LogP contribution in [0.2, 0.25) is 11.5 Å². The van der Waals surface area contributed by atoms with Gasteiger partial charge in [-0.2, -0.15) is 0 Å². The maximum absolute atomic E-state index is 4.58. The first kappa shape index (κ1) is 15.3. The summed E-state index contributed by atoms with van der Waals surface area (Å²) in [4.78, 5) is 5.87. The zero-order chi connectivity index (χ0) is 16.6. The van der Waals surface area contributed by atoms with Crippen LogP contribution in [0.15, 0.2) is 24.3 Å². The van der Waals surface area contributed by atoms with Gasteiger partial charge in [0.15, 0.2) is 0 Å². The van der Waals surface area contributed by atoms with Crippen LogP contribution in [0, 0.1) is 13.8 Å². The zero-order valence-corrected chi connectivity index (χ0v) is 18.5. The van der Waals surface area contributed by atoms with E-state index < -0.39 is 13.3 Å². The molecule has 120 valence electrons. The number of thiophene rings is 2. The van der Waals surface area contributed by atoms with E-state index in [9.17, 15) is 0 Å². The monoisotopic (exact) mass is 430 g/mol. The zero-order valence-electron chi connectivity index (χ0n) is 13.9. The number of aromatic nitrogens is 2. The molecule has 0 fully saturated rings. The van der Waals surface area contributed by atoms with Crippen molar-refractivity contribution in [1.29, 1.82) is 0 Å². The van der Waals surface area contributed by atoms with E-state index in [2.05, 4.69) is 58.4 Å². The van der Waals surface area contributed by atoms with Crippen LogP contribution in [0.4, 0.5) is 0 Å². The molecule has 0 aliphatic carbocycles. The van der Waals surface area contributed by atoms with Gasteiger partial charge in [0.1, 0.15) is 0 Å². The summed E-state index contributed by atoms with van der Waals surface area (Å²) in [6.45, 7) is 4.35. The van der Waals surface area contributed by atoms with Crippen LogP contribution >= 0.6 is 34.4 Å². The van der Waals surface area contributed by atoms with Crippen molar-refractivity contribution in [3.8, 4) is 20.2 Å². The number of hydrogen-bond acceptors (Lipinski definition) is 5. The first-order valence-corrected chi connectivity index (χ1v) is 16.6. The topological polar surface area (TPSA) is 25.8 Å². The minimum atomic E-state index is -2.12. The third kappa shape index (κ3) is 1.92. The molecule has 0 bridgehead atoms. The Labute approximate surface area is 155 Å². The van der Waals surface area contributed by atoms with Crippen LogP contribution in [0.3, 0.4) is 0 Å². The number of benzene rings is 1. The Morgan fingerprint density at radius 1 is 0.875 bits per heavy atom. The van der Waals surface area contributed by atoms with Crippen LogP contribution < -0.4 is 8.79 Å². The van der Waals surface area contributed by atoms with E-state index in [1.807, 2.05) is 22.7 Å². The first-order valence-electron chi connectivity index (χ1n) is 7.94. The average molecular weight is 429 g/mol. The van der Waals surface area contributed by atoms with Crippen molar-refractivity contribution in [2.45, 2.75) is 25.4 Å². The molecule has 0 unspecified atom stereocenters. The van der Waals surface area contributed by atoms with Gasteiger partial charge in [0.05, 0.1) is 0 Å². The van der Waals surface area contributed by atoms with Crippen molar-refractivity contribution in [3.05, 3.63) is 34.7 Å². The number of nitrogens with zero attached hydrogens (tertiary/aromatic N) is 2. The van der Waals surface area contributed by atoms with Gasteiger partial charge in [-0.25, -0.2) is 0 Å². The molecule has 5 rings (SSSR count). The molecular formula is C18H16GeN2S3. The molecule has 0 radical (unpaired) electrons. The molecule has 24 heavy (non-hydrogen) atoms. The van der Waals surface area contributed by atoms with Crippen LogP contribution in [-0.4, -0.2) is 22.0 Å². The van der Waals surface area contributed by atoms with Gasteiger partial charge in [0.2, 0.25) is 0 Å². The maximum atomic E-state index is 4.58. The Morgan fingerprint density at radius 3 is 2.42 bits per heavy atom. The van der Waals surface area contributed by atoms with Crippen molar-refractivity contribution in [2.24, 2.45) is 0 Å². The van der Waals surface area contributed by atoms with Gasteiger partial charge in [-0.15, -0.1) is 0 Å². The van der Waals surface area contributed by atoms with Crippen LogP contribution in [0.25, 0.3) is 31.2 Å². The van der Waals surface area contributed by atoms with Crippen molar-refractivity contribution >= 4 is 67.5 Å². The average Bonchev–Trinajstić information content (AvgIpc) is 3.25. The molecule has 1 aliphatic rings. The summed E-state index contributed by atoms with van der Waals surface area (Å²) in [6.07, 6.45) is 0. The summed E-state index contributed by atoms with van der Waals surface area (Å²) >= 11 is 3.12. The Hall–Kier alpha value is -1.02. The van der Waals surface area contributed by atoms with E-state index in [0.717, 1.165) is 11.0 Å². The predicted molar refractivity (Wildman–Crippen MR) is 110 cm³/mol. The molecule has 0 N–H and O–H groups in total. The van der Waals surface area contributed by atoms with E-state index >= 15 is 0 Å². The molecule has 0 saturated carbocycles. The van der Waals surface area contributed by atoms with Crippen molar-refractivity contribution < 1.29 is 0 Å². The van der Waals surface area contributed by atoms with Crippen LogP contribution in [-0.2, 0) is 0 Å². The number of aryl methyl sites for hydroxylation is 2. The molecule has 3 aromatic heterocycles. The first-order chi connectivity index (χ1) is 11.5. The van der Waals surface area contributed by atoms with Crippen molar-refractivity contribution in [1.82, 2.24) is 8.75 Å². The van der Waals surface area contributed by atoms with Crippen molar-refractivity contribution in [2.75, 3.05) is 0 Å². The third-order valence-electron chi connectivity index (χ3n) is 5.02. The van der Waals surface area contributed by atoms with Gasteiger partial charge < -0.3 is 0 Å². The van der Waals surface area contributed by atoms with Gasteiger partial charge in [0.25, 0.3) is 0 Å². The van der Waals surface area contributed by atoms with E-state index in [-0.39, 0.29) is 0 Å². The second-order valence-electron chi connectivity index (χ2n) is 6.97. The Bertz CT molecular complexity index is 1120. The van der Waals surface area contributed by atoms with Gasteiger partial charge in [-0.1, -0.05) is 0 Å². The van der Waals surface area contributed by atoms with Gasteiger partial charge in [0, 0.05) is 0 Å². The van der Waals surface area contributed by atoms with E-state index in [4.69, 9.17) is 0 Å². The molecule has 0 atom stereocenters. The molecular weight excluding hydrogens is 413 g/mol. The Kier molecular flexibility index (Phi) is 3.18. The normalized spacial score (nSPS) is 15.0. The molecule has 1 aliphatic heterocycles. The fraction of sp³-hybridized carbons (Fsp3) is 0.222. The van der Waals surface area contributed by atoms with Crippen molar-refractivity contribution in [3.63, 3.8) is 0 Å². The van der Waals surface area contributed by atoms with Crippen LogP contribution in [0.5, 0.6) is 0 Å². The molecule has 4 aromatic rings. The summed E-state index contributed by atoms with van der Waals surface area (Å²) < 4.78 is 12.4. The van der Waals surface area contributed by atoms with Crippen LogP contribution in [0.1, 0.15) is 10.4 Å². The van der Waals surface area contributed by atoms with Gasteiger partial charge in [-0.3, -0.25) is 0 Å². The second-order valence-corrected chi connectivity index (χ2v) is 18.9. The fourth-order valence-corrected chi connectivity index (χ4v) is 16.3. The number of rotatable bonds is 1. The second kappa shape index (κ2) is 5.00. The summed E-state index contributed by atoms with van der Waals surface area (Å²) in [5, 5.41) is 0. The number of fused-ring (bicyclic) bond motifs is 4. The standard InChI is InChI=1S/C18H16GeN2S3/c1-9-5-6-11(16-15(9)20-24-21-16)14-8-13-18(23-14)17-12(19(13,3)4)7-10(2)22-17/h5-8H,1-4H3. The molecule has 0 amide bonds. The molecule has 4 heterocycles. The SMILES string of the molecule is Cc1c[c]2c(s1)-c1sc(-c3ccc(C)c4nsnc34)c[c]1[Ge]2([CH3])[CH3]. The molecule has 1 aromatic carbocycles. The summed E-state index contributed by atoms with van der Waals surface area (Å²) in [5.74, 6) is 5.06. The molecule has 0 spiro atoms. The third-order valence-corrected chi connectivity index (χ3v) is 16.0. The summed E-state index contributed by atoms with van der Waals surface area (Å²) in [7, 11) is 0. The molecule has 6 heteroatoms. The van der Waals surface area contributed by atoms with E-state index in [1.54, 1.807) is 13.7 Å².